The summed E-state index contributed by atoms with van der Waals surface area (Å²) in [6.07, 6.45) is 0.568. The molecule has 3 rings (SSSR count). The van der Waals surface area contributed by atoms with E-state index >= 15 is 0 Å². The van der Waals surface area contributed by atoms with E-state index in [1.54, 1.807) is 19.1 Å². The van der Waals surface area contributed by atoms with Gasteiger partial charge in [0.25, 0.3) is 5.91 Å². The Morgan fingerprint density at radius 2 is 1.96 bits per heavy atom. The van der Waals surface area contributed by atoms with Crippen molar-refractivity contribution >= 4 is 23.1 Å². The molecule has 1 aliphatic rings. The summed E-state index contributed by atoms with van der Waals surface area (Å²) in [6, 6.07) is 3.24. The van der Waals surface area contributed by atoms with Crippen LogP contribution in [0, 0.1) is 6.92 Å². The van der Waals surface area contributed by atoms with Crippen molar-refractivity contribution in [1.29, 1.82) is 0 Å². The number of fused-ring (bicyclic) bond motifs is 1. The summed E-state index contributed by atoms with van der Waals surface area (Å²) in [6.45, 7) is 5.30. The zero-order valence-corrected chi connectivity index (χ0v) is 13.8. The lowest BCUT2D eigenvalue weighted by Gasteiger charge is -2.10. The van der Waals surface area contributed by atoms with Gasteiger partial charge in [-0.1, -0.05) is 6.92 Å². The Morgan fingerprint density at radius 3 is 2.58 bits per heavy atom. The zero-order chi connectivity index (χ0) is 17.4. The van der Waals surface area contributed by atoms with Crippen LogP contribution >= 0.6 is 0 Å². The second-order valence-corrected chi connectivity index (χ2v) is 5.64. The molecule has 1 aromatic heterocycles. The Morgan fingerprint density at radius 1 is 1.29 bits per heavy atom. The maximum atomic E-state index is 12.7. The molecule has 0 aliphatic carbocycles. The second kappa shape index (κ2) is 5.92. The van der Waals surface area contributed by atoms with Gasteiger partial charge in [-0.2, -0.15) is 0 Å². The molecule has 0 saturated carbocycles. The van der Waals surface area contributed by atoms with Crippen LogP contribution in [0.2, 0.25) is 0 Å². The van der Waals surface area contributed by atoms with Crippen molar-refractivity contribution in [3.05, 3.63) is 34.6 Å². The molecule has 2 aromatic rings. The quantitative estimate of drug-likeness (QED) is 0.590. The molecule has 24 heavy (non-hydrogen) atoms. The standard InChI is InChI=1S/C17H19N3O4/c1-4-10-15(9(3)21)8(2)19-16(10)17(22)20-12-6-14-13(5-11(12)18)23-7-24-14/h5-6,19H,4,7,18H2,1-3H3,(H,20,22). The van der Waals surface area contributed by atoms with Crippen LogP contribution in [0.15, 0.2) is 12.1 Å². The average molecular weight is 329 g/mol. The van der Waals surface area contributed by atoms with Crippen molar-refractivity contribution in [2.45, 2.75) is 27.2 Å². The van der Waals surface area contributed by atoms with Gasteiger partial charge >= 0.3 is 0 Å². The van der Waals surface area contributed by atoms with E-state index in [1.807, 2.05) is 6.92 Å². The summed E-state index contributed by atoms with van der Waals surface area (Å²) in [5.74, 6) is 0.659. The molecule has 0 unspecified atom stereocenters. The van der Waals surface area contributed by atoms with Crippen LogP contribution in [0.25, 0.3) is 0 Å². The average Bonchev–Trinajstić information content (AvgIpc) is 3.10. The third-order valence-corrected chi connectivity index (χ3v) is 4.02. The summed E-state index contributed by atoms with van der Waals surface area (Å²) in [4.78, 5) is 27.5. The third kappa shape index (κ3) is 2.58. The number of hydrogen-bond donors (Lipinski definition) is 3. The van der Waals surface area contributed by atoms with Crippen molar-refractivity contribution < 1.29 is 19.1 Å². The van der Waals surface area contributed by atoms with Crippen molar-refractivity contribution in [2.75, 3.05) is 17.8 Å². The monoisotopic (exact) mass is 329 g/mol. The molecule has 1 aromatic carbocycles. The van der Waals surface area contributed by atoms with Gasteiger partial charge in [0.2, 0.25) is 6.79 Å². The zero-order valence-electron chi connectivity index (χ0n) is 13.8. The highest BCUT2D eigenvalue weighted by Crippen LogP contribution is 2.38. The molecule has 0 bridgehead atoms. The minimum atomic E-state index is -0.354. The lowest BCUT2D eigenvalue weighted by atomic mass is 10.0. The molecule has 2 heterocycles. The maximum absolute atomic E-state index is 12.7. The number of aryl methyl sites for hydroxylation is 1. The second-order valence-electron chi connectivity index (χ2n) is 5.64. The van der Waals surface area contributed by atoms with Crippen LogP contribution in [-0.4, -0.2) is 23.5 Å². The van der Waals surface area contributed by atoms with Crippen molar-refractivity contribution in [3.63, 3.8) is 0 Å². The Hall–Kier alpha value is -2.96. The fourth-order valence-corrected chi connectivity index (χ4v) is 2.95. The van der Waals surface area contributed by atoms with E-state index in [0.717, 1.165) is 0 Å². The first-order valence-corrected chi connectivity index (χ1v) is 7.65. The predicted octanol–water partition coefficient (Wildman–Crippen LogP) is 2.65. The van der Waals surface area contributed by atoms with Crippen LogP contribution in [-0.2, 0) is 6.42 Å². The summed E-state index contributed by atoms with van der Waals surface area (Å²) in [5.41, 5.74) is 9.10. The van der Waals surface area contributed by atoms with Gasteiger partial charge in [-0.15, -0.1) is 0 Å². The highest BCUT2D eigenvalue weighted by atomic mass is 16.7. The largest absolute Gasteiger partial charge is 0.454 e. The van der Waals surface area contributed by atoms with E-state index in [9.17, 15) is 9.59 Å². The van der Waals surface area contributed by atoms with E-state index < -0.39 is 0 Å². The number of ketones is 1. The summed E-state index contributed by atoms with van der Waals surface area (Å²) >= 11 is 0. The maximum Gasteiger partial charge on any atom is 0.272 e. The lowest BCUT2D eigenvalue weighted by Crippen LogP contribution is -2.15. The molecular weight excluding hydrogens is 310 g/mol. The van der Waals surface area contributed by atoms with E-state index in [0.29, 0.717) is 51.8 Å². The van der Waals surface area contributed by atoms with Crippen LogP contribution in [0.5, 0.6) is 11.5 Å². The minimum Gasteiger partial charge on any atom is -0.454 e. The summed E-state index contributed by atoms with van der Waals surface area (Å²) in [5, 5.41) is 2.77. The number of nitrogen functional groups attached to an aromatic ring is 1. The first-order valence-electron chi connectivity index (χ1n) is 7.65. The van der Waals surface area contributed by atoms with Crippen LogP contribution in [0.4, 0.5) is 11.4 Å². The number of amides is 1. The van der Waals surface area contributed by atoms with Crippen molar-refractivity contribution in [1.82, 2.24) is 4.98 Å². The number of rotatable bonds is 4. The van der Waals surface area contributed by atoms with Crippen LogP contribution < -0.4 is 20.5 Å². The molecule has 7 nitrogen and oxygen atoms in total. The number of nitrogens with two attached hydrogens (primary N) is 1. The third-order valence-electron chi connectivity index (χ3n) is 4.02. The molecule has 7 heteroatoms. The van der Waals surface area contributed by atoms with Crippen molar-refractivity contribution in [2.24, 2.45) is 0 Å². The van der Waals surface area contributed by atoms with E-state index in [2.05, 4.69) is 10.3 Å². The number of anilines is 2. The number of aromatic amines is 1. The Bertz CT molecular complexity index is 839. The SMILES string of the molecule is CCc1c(C(=O)Nc2cc3c(cc2N)OCO3)[nH]c(C)c1C(C)=O. The molecular formula is C17H19N3O4. The van der Waals surface area contributed by atoms with Crippen LogP contribution in [0.3, 0.4) is 0 Å². The molecule has 1 amide bonds. The number of H-pyrrole nitrogens is 1. The van der Waals surface area contributed by atoms with Gasteiger partial charge in [0, 0.05) is 23.4 Å². The molecule has 0 saturated heterocycles. The Balaban J connectivity index is 1.94. The molecule has 0 fully saturated rings. The van der Waals surface area contributed by atoms with Gasteiger partial charge < -0.3 is 25.5 Å². The summed E-state index contributed by atoms with van der Waals surface area (Å²) < 4.78 is 10.5. The number of ether oxygens (including phenoxy) is 2. The van der Waals surface area contributed by atoms with Gasteiger partial charge in [0.05, 0.1) is 11.4 Å². The number of carbonyl (C=O) groups excluding carboxylic acids is 2. The van der Waals surface area contributed by atoms with Crippen molar-refractivity contribution in [3.8, 4) is 11.5 Å². The van der Waals surface area contributed by atoms with Gasteiger partial charge in [0.15, 0.2) is 17.3 Å². The molecule has 0 atom stereocenters. The number of nitrogens with one attached hydrogen (secondary N) is 2. The van der Waals surface area contributed by atoms with E-state index in [-0.39, 0.29) is 18.5 Å². The molecule has 4 N–H and O–H groups in total. The lowest BCUT2D eigenvalue weighted by molar-refractivity contribution is 0.101. The van der Waals surface area contributed by atoms with E-state index in [4.69, 9.17) is 15.2 Å². The predicted molar refractivity (Wildman–Crippen MR) is 89.8 cm³/mol. The number of benzene rings is 1. The molecule has 0 radical (unpaired) electrons. The van der Waals surface area contributed by atoms with Gasteiger partial charge in [0.1, 0.15) is 5.69 Å². The highest BCUT2D eigenvalue weighted by Gasteiger charge is 2.23. The van der Waals surface area contributed by atoms with Gasteiger partial charge in [-0.25, -0.2) is 0 Å². The number of Topliss-reactive ketones (excluding diaryl/α,β-unsaturated/α-hetero) is 1. The Kier molecular flexibility index (Phi) is 3.92. The number of aromatic nitrogens is 1. The first-order chi connectivity index (χ1) is 11.4. The smallest absolute Gasteiger partial charge is 0.272 e. The van der Waals surface area contributed by atoms with Gasteiger partial charge in [-0.3, -0.25) is 9.59 Å². The highest BCUT2D eigenvalue weighted by molar-refractivity contribution is 6.08. The first kappa shape index (κ1) is 15.9. The molecule has 0 spiro atoms. The molecule has 1 aliphatic heterocycles. The minimum absolute atomic E-state index is 0.0674. The summed E-state index contributed by atoms with van der Waals surface area (Å²) in [7, 11) is 0. The number of hydrogen-bond acceptors (Lipinski definition) is 5. The Labute approximate surface area is 139 Å². The topological polar surface area (TPSA) is 106 Å². The fraction of sp³-hybridized carbons (Fsp3) is 0.294. The fourth-order valence-electron chi connectivity index (χ4n) is 2.95. The normalized spacial score (nSPS) is 12.3. The number of carbonyl (C=O) groups is 2. The van der Waals surface area contributed by atoms with Gasteiger partial charge in [-0.05, 0) is 25.8 Å². The molecule has 126 valence electrons. The van der Waals surface area contributed by atoms with Crippen LogP contribution in [0.1, 0.15) is 46.0 Å². The van der Waals surface area contributed by atoms with E-state index in [1.165, 1.54) is 6.92 Å².